The van der Waals surface area contributed by atoms with Gasteiger partial charge in [-0.2, -0.15) is 0 Å². The first-order chi connectivity index (χ1) is 12.4. The first kappa shape index (κ1) is 18.0. The Balaban J connectivity index is 2.18. The van der Waals surface area contributed by atoms with E-state index in [9.17, 15) is 9.18 Å². The molecule has 1 aromatic heterocycles. The monoisotopic (exact) mass is 352 g/mol. The van der Waals surface area contributed by atoms with Gasteiger partial charge in [-0.3, -0.25) is 4.79 Å². The largest absolute Gasteiger partial charge is 0.375 e. The fourth-order valence-corrected chi connectivity index (χ4v) is 3.10. The molecule has 1 amide bonds. The SMILES string of the molecule is COCC(=O)Nc1ccc(C)c2nc(-c3cc(F)ccc3C)cc(C)c12. The van der Waals surface area contributed by atoms with Crippen molar-refractivity contribution in [3.63, 3.8) is 0 Å². The Morgan fingerprint density at radius 1 is 1.08 bits per heavy atom. The number of hydrogen-bond acceptors (Lipinski definition) is 3. The summed E-state index contributed by atoms with van der Waals surface area (Å²) in [5.74, 6) is -0.510. The molecule has 5 heteroatoms. The number of ether oxygens (including phenoxy) is 1. The molecule has 0 fully saturated rings. The van der Waals surface area contributed by atoms with Crippen LogP contribution in [0.1, 0.15) is 16.7 Å². The van der Waals surface area contributed by atoms with Crippen LogP contribution >= 0.6 is 0 Å². The van der Waals surface area contributed by atoms with E-state index in [-0.39, 0.29) is 18.3 Å². The van der Waals surface area contributed by atoms with Crippen LogP contribution in [0.4, 0.5) is 10.1 Å². The maximum absolute atomic E-state index is 13.7. The van der Waals surface area contributed by atoms with E-state index < -0.39 is 0 Å². The van der Waals surface area contributed by atoms with Crippen LogP contribution in [0.2, 0.25) is 0 Å². The van der Waals surface area contributed by atoms with Gasteiger partial charge in [0.05, 0.1) is 16.9 Å². The fourth-order valence-electron chi connectivity index (χ4n) is 3.10. The van der Waals surface area contributed by atoms with Crippen molar-refractivity contribution in [2.24, 2.45) is 0 Å². The summed E-state index contributed by atoms with van der Waals surface area (Å²) < 4.78 is 18.6. The van der Waals surface area contributed by atoms with Crippen molar-refractivity contribution in [3.8, 4) is 11.3 Å². The number of rotatable bonds is 4. The molecule has 0 saturated heterocycles. The molecule has 1 N–H and O–H groups in total. The summed E-state index contributed by atoms with van der Waals surface area (Å²) in [4.78, 5) is 16.7. The minimum Gasteiger partial charge on any atom is -0.375 e. The predicted molar refractivity (Wildman–Crippen MR) is 102 cm³/mol. The topological polar surface area (TPSA) is 51.2 Å². The standard InChI is InChI=1S/C21H21FN2O2/c1-12-5-7-15(22)10-16(12)18-9-14(3)20-17(23-19(25)11-26-4)8-6-13(2)21(20)24-18/h5-10H,11H2,1-4H3,(H,23,25). The van der Waals surface area contributed by atoms with Crippen molar-refractivity contribution < 1.29 is 13.9 Å². The van der Waals surface area contributed by atoms with Crippen molar-refractivity contribution in [2.45, 2.75) is 20.8 Å². The maximum Gasteiger partial charge on any atom is 0.250 e. The van der Waals surface area contributed by atoms with Gasteiger partial charge in [0.25, 0.3) is 0 Å². The Hall–Kier alpha value is -2.79. The lowest BCUT2D eigenvalue weighted by molar-refractivity contribution is -0.119. The average molecular weight is 352 g/mol. The lowest BCUT2D eigenvalue weighted by atomic mass is 9.99. The number of nitrogens with zero attached hydrogens (tertiary/aromatic N) is 1. The summed E-state index contributed by atoms with van der Waals surface area (Å²) in [5.41, 5.74) is 5.88. The van der Waals surface area contributed by atoms with Gasteiger partial charge in [-0.15, -0.1) is 0 Å². The molecule has 1 heterocycles. The van der Waals surface area contributed by atoms with E-state index in [0.29, 0.717) is 5.69 Å². The molecule has 2 aromatic carbocycles. The molecular weight excluding hydrogens is 331 g/mol. The second-order valence-electron chi connectivity index (χ2n) is 6.42. The van der Waals surface area contributed by atoms with Crippen LogP contribution in [0, 0.1) is 26.6 Å². The second kappa shape index (κ2) is 7.22. The number of aromatic nitrogens is 1. The highest BCUT2D eigenvalue weighted by atomic mass is 19.1. The van der Waals surface area contributed by atoms with Crippen molar-refractivity contribution in [2.75, 3.05) is 19.0 Å². The molecule has 0 unspecified atom stereocenters. The molecule has 0 aliphatic heterocycles. The normalized spacial score (nSPS) is 11.0. The molecule has 3 rings (SSSR count). The highest BCUT2D eigenvalue weighted by Crippen LogP contribution is 2.32. The number of anilines is 1. The van der Waals surface area contributed by atoms with Crippen molar-refractivity contribution in [3.05, 3.63) is 58.9 Å². The predicted octanol–water partition coefficient (Wildman–Crippen LogP) is 4.55. The van der Waals surface area contributed by atoms with E-state index in [2.05, 4.69) is 5.32 Å². The third-order valence-corrected chi connectivity index (χ3v) is 4.38. The van der Waals surface area contributed by atoms with Crippen LogP contribution in [0.25, 0.3) is 22.2 Å². The number of carbonyl (C=O) groups excluding carboxylic acids is 1. The van der Waals surface area contributed by atoms with Gasteiger partial charge in [-0.05, 0) is 61.7 Å². The number of fused-ring (bicyclic) bond motifs is 1. The molecule has 26 heavy (non-hydrogen) atoms. The van der Waals surface area contributed by atoms with E-state index in [1.54, 1.807) is 6.07 Å². The van der Waals surface area contributed by atoms with Crippen molar-refractivity contribution in [1.29, 1.82) is 0 Å². The Morgan fingerprint density at radius 3 is 2.54 bits per heavy atom. The molecule has 0 bridgehead atoms. The summed E-state index contributed by atoms with van der Waals surface area (Å²) >= 11 is 0. The van der Waals surface area contributed by atoms with Crippen LogP contribution in [0.5, 0.6) is 0 Å². The number of amides is 1. The Labute approximate surface area is 152 Å². The molecule has 0 saturated carbocycles. The van der Waals surface area contributed by atoms with Gasteiger partial charge < -0.3 is 10.1 Å². The summed E-state index contributed by atoms with van der Waals surface area (Å²) in [6.07, 6.45) is 0. The lowest BCUT2D eigenvalue weighted by Gasteiger charge is -2.15. The van der Waals surface area contributed by atoms with Gasteiger partial charge in [0, 0.05) is 18.1 Å². The summed E-state index contributed by atoms with van der Waals surface area (Å²) in [7, 11) is 1.48. The quantitative estimate of drug-likeness (QED) is 0.749. The number of aryl methyl sites for hydroxylation is 3. The first-order valence-corrected chi connectivity index (χ1v) is 8.37. The number of carbonyl (C=O) groups is 1. The zero-order valence-electron chi connectivity index (χ0n) is 15.3. The van der Waals surface area contributed by atoms with Crippen LogP contribution in [-0.2, 0) is 9.53 Å². The number of hydrogen-bond donors (Lipinski definition) is 1. The second-order valence-corrected chi connectivity index (χ2v) is 6.42. The van der Waals surface area contributed by atoms with Gasteiger partial charge in [-0.1, -0.05) is 12.1 Å². The van der Waals surface area contributed by atoms with Crippen LogP contribution in [0.15, 0.2) is 36.4 Å². The average Bonchev–Trinajstić information content (AvgIpc) is 2.59. The number of halogens is 1. The Kier molecular flexibility index (Phi) is 5.00. The smallest absolute Gasteiger partial charge is 0.250 e. The van der Waals surface area contributed by atoms with Crippen LogP contribution < -0.4 is 5.32 Å². The first-order valence-electron chi connectivity index (χ1n) is 8.37. The van der Waals surface area contributed by atoms with E-state index >= 15 is 0 Å². The summed E-state index contributed by atoms with van der Waals surface area (Å²) in [6, 6.07) is 10.4. The zero-order chi connectivity index (χ0) is 18.8. The van der Waals surface area contributed by atoms with E-state index in [1.165, 1.54) is 19.2 Å². The van der Waals surface area contributed by atoms with E-state index in [4.69, 9.17) is 9.72 Å². The molecule has 4 nitrogen and oxygen atoms in total. The number of nitrogens with one attached hydrogen (secondary N) is 1. The molecule has 0 radical (unpaired) electrons. The minimum atomic E-state index is -0.289. The lowest BCUT2D eigenvalue weighted by Crippen LogP contribution is -2.17. The highest BCUT2D eigenvalue weighted by molar-refractivity contribution is 6.04. The summed E-state index contributed by atoms with van der Waals surface area (Å²) in [5, 5.41) is 3.75. The maximum atomic E-state index is 13.7. The van der Waals surface area contributed by atoms with Crippen molar-refractivity contribution >= 4 is 22.5 Å². The molecule has 3 aromatic rings. The number of methoxy groups -OCH3 is 1. The van der Waals surface area contributed by atoms with E-state index in [1.807, 2.05) is 39.0 Å². The summed E-state index contributed by atoms with van der Waals surface area (Å²) in [6.45, 7) is 5.86. The molecule has 134 valence electrons. The van der Waals surface area contributed by atoms with E-state index in [0.717, 1.165) is 38.9 Å². The Morgan fingerprint density at radius 2 is 1.81 bits per heavy atom. The highest BCUT2D eigenvalue weighted by Gasteiger charge is 2.14. The third kappa shape index (κ3) is 3.44. The van der Waals surface area contributed by atoms with Crippen LogP contribution in [-0.4, -0.2) is 24.6 Å². The zero-order valence-corrected chi connectivity index (χ0v) is 15.3. The van der Waals surface area contributed by atoms with Gasteiger partial charge in [-0.25, -0.2) is 9.37 Å². The molecule has 0 atom stereocenters. The molecular formula is C21H21FN2O2. The molecule has 0 aliphatic rings. The van der Waals surface area contributed by atoms with Gasteiger partial charge >= 0.3 is 0 Å². The third-order valence-electron chi connectivity index (χ3n) is 4.38. The van der Waals surface area contributed by atoms with Crippen LogP contribution in [0.3, 0.4) is 0 Å². The number of pyridine rings is 1. The molecule has 0 spiro atoms. The van der Waals surface area contributed by atoms with Crippen molar-refractivity contribution in [1.82, 2.24) is 4.98 Å². The number of benzene rings is 2. The fraction of sp³-hybridized carbons (Fsp3) is 0.238. The van der Waals surface area contributed by atoms with Gasteiger partial charge in [0.1, 0.15) is 12.4 Å². The Bertz CT molecular complexity index is 999. The van der Waals surface area contributed by atoms with Gasteiger partial charge in [0.2, 0.25) is 5.91 Å². The minimum absolute atomic E-state index is 0.0115. The molecule has 0 aliphatic carbocycles. The van der Waals surface area contributed by atoms with Gasteiger partial charge in [0.15, 0.2) is 0 Å².